The number of esters is 1. The zero-order valence-corrected chi connectivity index (χ0v) is 13.4. The maximum Gasteiger partial charge on any atom is 0.325 e. The lowest BCUT2D eigenvalue weighted by Gasteiger charge is -2.36. The second-order valence-electron chi connectivity index (χ2n) is 6.55. The standard InChI is InChI=1S/C18H27NO2/c1-18(2,17(20)21-3)19-16(14-10-6-4-7-11-14)15-12-8-5-9-13-15/h4,6-7,10-11,15-16,19H,5,8-9,12-13H2,1-3H3. The first kappa shape index (κ1) is 16.0. The van der Waals surface area contributed by atoms with Gasteiger partial charge < -0.3 is 4.74 Å². The number of carbonyl (C=O) groups is 1. The summed E-state index contributed by atoms with van der Waals surface area (Å²) in [5, 5.41) is 3.56. The molecule has 0 radical (unpaired) electrons. The fraction of sp³-hybridized carbons (Fsp3) is 0.611. The Balaban J connectivity index is 2.21. The van der Waals surface area contributed by atoms with Gasteiger partial charge >= 0.3 is 5.97 Å². The zero-order valence-electron chi connectivity index (χ0n) is 13.4. The molecule has 1 saturated carbocycles. The van der Waals surface area contributed by atoms with E-state index < -0.39 is 5.54 Å². The first-order chi connectivity index (χ1) is 10.0. The Morgan fingerprint density at radius 3 is 2.38 bits per heavy atom. The highest BCUT2D eigenvalue weighted by molar-refractivity contribution is 5.79. The summed E-state index contributed by atoms with van der Waals surface area (Å²) in [5.41, 5.74) is 0.591. The zero-order chi connectivity index (χ0) is 15.3. The minimum absolute atomic E-state index is 0.209. The molecule has 0 aromatic heterocycles. The van der Waals surface area contributed by atoms with Crippen LogP contribution in [0.25, 0.3) is 0 Å². The summed E-state index contributed by atoms with van der Waals surface area (Å²) in [6.07, 6.45) is 6.36. The summed E-state index contributed by atoms with van der Waals surface area (Å²) < 4.78 is 4.94. The summed E-state index contributed by atoms with van der Waals surface area (Å²) in [5.74, 6) is 0.379. The Bertz CT molecular complexity index is 450. The second-order valence-corrected chi connectivity index (χ2v) is 6.55. The lowest BCUT2D eigenvalue weighted by molar-refractivity contribution is -0.147. The Labute approximate surface area is 128 Å². The van der Waals surface area contributed by atoms with Crippen molar-refractivity contribution >= 4 is 5.97 Å². The maximum atomic E-state index is 12.0. The van der Waals surface area contributed by atoms with E-state index in [1.54, 1.807) is 0 Å². The van der Waals surface area contributed by atoms with Crippen molar-refractivity contribution in [3.63, 3.8) is 0 Å². The molecule has 116 valence electrons. The molecule has 2 rings (SSSR count). The molecule has 1 aromatic rings. The van der Waals surface area contributed by atoms with Crippen LogP contribution in [0.5, 0.6) is 0 Å². The first-order valence-electron chi connectivity index (χ1n) is 7.95. The van der Waals surface area contributed by atoms with Crippen molar-refractivity contribution in [2.75, 3.05) is 7.11 Å². The molecule has 3 heteroatoms. The molecule has 1 atom stereocenters. The van der Waals surface area contributed by atoms with Crippen molar-refractivity contribution in [1.29, 1.82) is 0 Å². The molecule has 1 unspecified atom stereocenters. The number of methoxy groups -OCH3 is 1. The van der Waals surface area contributed by atoms with Crippen molar-refractivity contribution in [3.05, 3.63) is 35.9 Å². The molecule has 1 N–H and O–H groups in total. The van der Waals surface area contributed by atoms with Gasteiger partial charge in [0.05, 0.1) is 7.11 Å². The third-order valence-corrected chi connectivity index (χ3v) is 4.49. The Hall–Kier alpha value is -1.35. The molecule has 1 fully saturated rings. The van der Waals surface area contributed by atoms with Crippen LogP contribution in [0.2, 0.25) is 0 Å². The van der Waals surface area contributed by atoms with Gasteiger partial charge in [-0.2, -0.15) is 0 Å². The molecular weight excluding hydrogens is 262 g/mol. The van der Waals surface area contributed by atoms with Gasteiger partial charge in [-0.15, -0.1) is 0 Å². The molecular formula is C18H27NO2. The molecule has 3 nitrogen and oxygen atoms in total. The number of nitrogens with one attached hydrogen (secondary N) is 1. The van der Waals surface area contributed by atoms with Gasteiger partial charge in [-0.25, -0.2) is 0 Å². The average Bonchev–Trinajstić information content (AvgIpc) is 2.53. The summed E-state index contributed by atoms with van der Waals surface area (Å²) in [7, 11) is 1.45. The van der Waals surface area contributed by atoms with E-state index in [0.717, 1.165) is 0 Å². The third kappa shape index (κ3) is 4.07. The van der Waals surface area contributed by atoms with E-state index in [1.807, 2.05) is 19.9 Å². The smallest absolute Gasteiger partial charge is 0.325 e. The van der Waals surface area contributed by atoms with Gasteiger partial charge in [-0.1, -0.05) is 49.6 Å². The fourth-order valence-electron chi connectivity index (χ4n) is 3.30. The Kier molecular flexibility index (Phi) is 5.40. The first-order valence-corrected chi connectivity index (χ1v) is 7.95. The van der Waals surface area contributed by atoms with Crippen LogP contribution in [-0.2, 0) is 9.53 Å². The van der Waals surface area contributed by atoms with Crippen molar-refractivity contribution in [2.45, 2.75) is 57.5 Å². The summed E-state index contributed by atoms with van der Waals surface area (Å²) in [6.45, 7) is 3.80. The quantitative estimate of drug-likeness (QED) is 0.837. The largest absolute Gasteiger partial charge is 0.468 e. The van der Waals surface area contributed by atoms with E-state index in [1.165, 1.54) is 44.8 Å². The number of ether oxygens (including phenoxy) is 1. The number of rotatable bonds is 5. The van der Waals surface area contributed by atoms with Crippen LogP contribution in [0, 0.1) is 5.92 Å². The van der Waals surface area contributed by atoms with Gasteiger partial charge in [0.25, 0.3) is 0 Å². The molecule has 1 aliphatic carbocycles. The van der Waals surface area contributed by atoms with Crippen LogP contribution in [-0.4, -0.2) is 18.6 Å². The van der Waals surface area contributed by atoms with E-state index in [0.29, 0.717) is 5.92 Å². The highest BCUT2D eigenvalue weighted by Gasteiger charge is 2.35. The van der Waals surface area contributed by atoms with E-state index in [-0.39, 0.29) is 12.0 Å². The van der Waals surface area contributed by atoms with Crippen molar-refractivity contribution in [1.82, 2.24) is 5.32 Å². The van der Waals surface area contributed by atoms with Crippen LogP contribution in [0.3, 0.4) is 0 Å². The van der Waals surface area contributed by atoms with Crippen LogP contribution in [0.1, 0.15) is 57.6 Å². The van der Waals surface area contributed by atoms with Gasteiger partial charge in [-0.05, 0) is 38.2 Å². The Morgan fingerprint density at radius 1 is 1.19 bits per heavy atom. The van der Waals surface area contributed by atoms with Gasteiger partial charge in [0.1, 0.15) is 5.54 Å². The lowest BCUT2D eigenvalue weighted by Crippen LogP contribution is -2.50. The van der Waals surface area contributed by atoms with Gasteiger partial charge in [0, 0.05) is 6.04 Å². The molecule has 1 aliphatic rings. The molecule has 21 heavy (non-hydrogen) atoms. The summed E-state index contributed by atoms with van der Waals surface area (Å²) in [6, 6.07) is 10.7. The highest BCUT2D eigenvalue weighted by Crippen LogP contribution is 2.35. The monoisotopic (exact) mass is 289 g/mol. The SMILES string of the molecule is COC(=O)C(C)(C)NC(c1ccccc1)C1CCCCC1. The molecule has 0 saturated heterocycles. The number of benzene rings is 1. The molecule has 0 amide bonds. The van der Waals surface area contributed by atoms with E-state index in [9.17, 15) is 4.79 Å². The number of carbonyl (C=O) groups excluding carboxylic acids is 1. The van der Waals surface area contributed by atoms with Crippen LogP contribution < -0.4 is 5.32 Å². The van der Waals surface area contributed by atoms with Crippen LogP contribution in [0.15, 0.2) is 30.3 Å². The van der Waals surface area contributed by atoms with Crippen LogP contribution in [0.4, 0.5) is 0 Å². The predicted molar refractivity (Wildman–Crippen MR) is 85.0 cm³/mol. The molecule has 0 aliphatic heterocycles. The minimum Gasteiger partial charge on any atom is -0.468 e. The van der Waals surface area contributed by atoms with E-state index in [4.69, 9.17) is 4.74 Å². The molecule has 0 bridgehead atoms. The van der Waals surface area contributed by atoms with Gasteiger partial charge in [0.2, 0.25) is 0 Å². The molecule has 0 heterocycles. The third-order valence-electron chi connectivity index (χ3n) is 4.49. The second kappa shape index (κ2) is 7.08. The van der Waals surface area contributed by atoms with Crippen LogP contribution >= 0.6 is 0 Å². The van der Waals surface area contributed by atoms with E-state index in [2.05, 4.69) is 29.6 Å². The molecule has 0 spiro atoms. The Morgan fingerprint density at radius 2 is 1.81 bits per heavy atom. The predicted octanol–water partition coefficient (Wildman–Crippen LogP) is 3.85. The maximum absolute atomic E-state index is 12.0. The fourth-order valence-corrected chi connectivity index (χ4v) is 3.30. The highest BCUT2D eigenvalue weighted by atomic mass is 16.5. The van der Waals surface area contributed by atoms with Crippen molar-refractivity contribution < 1.29 is 9.53 Å². The lowest BCUT2D eigenvalue weighted by atomic mass is 9.80. The van der Waals surface area contributed by atoms with Gasteiger partial charge in [-0.3, -0.25) is 10.1 Å². The van der Waals surface area contributed by atoms with Crippen molar-refractivity contribution in [3.8, 4) is 0 Å². The summed E-state index contributed by atoms with van der Waals surface area (Å²) >= 11 is 0. The normalized spacial score (nSPS) is 18.2. The minimum atomic E-state index is -0.674. The topological polar surface area (TPSA) is 38.3 Å². The van der Waals surface area contributed by atoms with Crippen molar-refractivity contribution in [2.24, 2.45) is 5.92 Å². The number of hydrogen-bond acceptors (Lipinski definition) is 3. The van der Waals surface area contributed by atoms with Gasteiger partial charge in [0.15, 0.2) is 0 Å². The molecule has 1 aromatic carbocycles. The van der Waals surface area contributed by atoms with E-state index >= 15 is 0 Å². The average molecular weight is 289 g/mol. The number of hydrogen-bond donors (Lipinski definition) is 1. The summed E-state index contributed by atoms with van der Waals surface area (Å²) in [4.78, 5) is 12.0.